The van der Waals surface area contributed by atoms with Gasteiger partial charge in [0.25, 0.3) is 0 Å². The van der Waals surface area contributed by atoms with Crippen molar-refractivity contribution in [1.29, 1.82) is 0 Å². The van der Waals surface area contributed by atoms with Crippen LogP contribution in [0, 0.1) is 0 Å². The second-order valence-electron chi connectivity index (χ2n) is 4.27. The van der Waals surface area contributed by atoms with Gasteiger partial charge in [-0.1, -0.05) is 69.6 Å². The number of rotatable bonds is 0. The van der Waals surface area contributed by atoms with Crippen molar-refractivity contribution in [2.24, 2.45) is 0 Å². The summed E-state index contributed by atoms with van der Waals surface area (Å²) in [7, 11) is 0. The van der Waals surface area contributed by atoms with Gasteiger partial charge in [-0.15, -0.1) is 0 Å². The Balaban J connectivity index is 2.21. The highest BCUT2D eigenvalue weighted by Crippen LogP contribution is 2.56. The summed E-state index contributed by atoms with van der Waals surface area (Å²) in [5, 5.41) is 20.4. The zero-order chi connectivity index (χ0) is 14.0. The largest absolute Gasteiger partial charge is 0.361 e. The van der Waals surface area contributed by atoms with Gasteiger partial charge in [-0.25, -0.2) is 0 Å². The van der Waals surface area contributed by atoms with Crippen LogP contribution in [-0.4, -0.2) is 41.6 Å². The molecule has 0 spiro atoms. The third-order valence-corrected chi connectivity index (χ3v) is 4.40. The monoisotopic (exact) mass is 378 g/mol. The third-order valence-electron chi connectivity index (χ3n) is 2.94. The first-order valence-electron chi connectivity index (χ1n) is 4.81. The molecule has 0 bridgehead atoms. The maximum atomic E-state index is 10.2. The van der Waals surface area contributed by atoms with E-state index in [1.54, 1.807) is 0 Å². The topological polar surface area (TPSA) is 58.9 Å². The lowest BCUT2D eigenvalue weighted by molar-refractivity contribution is -0.308. The van der Waals surface area contributed by atoms with Gasteiger partial charge in [0.05, 0.1) is 0 Å². The van der Waals surface area contributed by atoms with E-state index in [1.165, 1.54) is 0 Å². The number of hydrogen-bond donors (Lipinski definition) is 2. The number of aliphatic hydroxyl groups is 2. The normalized spacial score (nSPS) is 45.3. The molecule has 0 aliphatic carbocycles. The molecule has 4 nitrogen and oxygen atoms in total. The van der Waals surface area contributed by atoms with Crippen molar-refractivity contribution in [3.8, 4) is 0 Å². The Bertz CT molecular complexity index is 304. The van der Waals surface area contributed by atoms with Crippen LogP contribution in [0.5, 0.6) is 0 Å². The van der Waals surface area contributed by atoms with Gasteiger partial charge >= 0.3 is 0 Å². The van der Waals surface area contributed by atoms with Crippen LogP contribution < -0.4 is 0 Å². The molecule has 0 aromatic carbocycles. The van der Waals surface area contributed by atoms with E-state index >= 15 is 0 Å². The highest BCUT2D eigenvalue weighted by molar-refractivity contribution is 6.68. The maximum Gasteiger partial charge on any atom is 0.224 e. The van der Waals surface area contributed by atoms with Gasteiger partial charge in [0.2, 0.25) is 19.2 Å². The van der Waals surface area contributed by atoms with Crippen molar-refractivity contribution in [1.82, 2.24) is 0 Å². The average Bonchev–Trinajstić information content (AvgIpc) is 2.48. The second kappa shape index (κ2) is 4.54. The number of fused-ring (bicyclic) bond motifs is 1. The van der Waals surface area contributed by atoms with Gasteiger partial charge in [-0.2, -0.15) is 0 Å². The first-order valence-corrected chi connectivity index (χ1v) is 7.08. The zero-order valence-electron chi connectivity index (χ0n) is 8.55. The number of ether oxygens (including phenoxy) is 2. The summed E-state index contributed by atoms with van der Waals surface area (Å²) in [6, 6.07) is 0. The Morgan fingerprint density at radius 2 is 1.06 bits per heavy atom. The van der Waals surface area contributed by atoms with Crippen LogP contribution >= 0.6 is 69.6 Å². The smallest absolute Gasteiger partial charge is 0.224 e. The quantitative estimate of drug-likeness (QED) is 0.634. The fourth-order valence-corrected chi connectivity index (χ4v) is 2.75. The van der Waals surface area contributed by atoms with Gasteiger partial charge in [0, 0.05) is 12.8 Å². The van der Waals surface area contributed by atoms with E-state index in [9.17, 15) is 10.2 Å². The van der Waals surface area contributed by atoms with Crippen molar-refractivity contribution in [2.75, 3.05) is 0 Å². The van der Waals surface area contributed by atoms with Crippen LogP contribution in [-0.2, 0) is 9.47 Å². The van der Waals surface area contributed by atoms with E-state index < -0.39 is 31.4 Å². The summed E-state index contributed by atoms with van der Waals surface area (Å²) in [4.78, 5) is 0. The van der Waals surface area contributed by atoms with Gasteiger partial charge in [0.1, 0.15) is 12.2 Å². The molecule has 18 heavy (non-hydrogen) atoms. The predicted molar refractivity (Wildman–Crippen MR) is 69.5 cm³/mol. The minimum absolute atomic E-state index is 0.253. The Morgan fingerprint density at radius 3 is 1.28 bits per heavy atom. The zero-order valence-corrected chi connectivity index (χ0v) is 13.1. The predicted octanol–water partition coefficient (Wildman–Crippen LogP) is 2.68. The summed E-state index contributed by atoms with van der Waals surface area (Å²) in [5.41, 5.74) is 0. The van der Waals surface area contributed by atoms with Gasteiger partial charge in [0.15, 0.2) is 0 Å². The molecule has 0 saturated carbocycles. The molecule has 0 radical (unpaired) electrons. The summed E-state index contributed by atoms with van der Waals surface area (Å²) >= 11 is 33.9. The molecular formula is C8H8Cl6O4. The van der Waals surface area contributed by atoms with Crippen LogP contribution in [0.1, 0.15) is 12.8 Å². The molecule has 2 heterocycles. The molecule has 106 valence electrons. The molecule has 2 aliphatic heterocycles. The molecule has 4 atom stereocenters. The van der Waals surface area contributed by atoms with E-state index in [1.807, 2.05) is 0 Å². The van der Waals surface area contributed by atoms with E-state index in [4.69, 9.17) is 79.1 Å². The molecule has 0 aromatic heterocycles. The third kappa shape index (κ3) is 2.67. The number of halogens is 6. The minimum atomic E-state index is -2.07. The first-order chi connectivity index (χ1) is 7.87. The molecule has 2 rings (SSSR count). The first kappa shape index (κ1) is 16.0. The Kier molecular flexibility index (Phi) is 4.02. The van der Waals surface area contributed by atoms with E-state index in [0.29, 0.717) is 0 Å². The van der Waals surface area contributed by atoms with Gasteiger partial charge in [-0.05, 0) is 0 Å². The van der Waals surface area contributed by atoms with Crippen LogP contribution in [0.4, 0.5) is 0 Å². The van der Waals surface area contributed by atoms with E-state index in [0.717, 1.165) is 0 Å². The molecule has 2 aliphatic rings. The summed E-state index contributed by atoms with van der Waals surface area (Å²) in [5.74, 6) is -4.15. The van der Waals surface area contributed by atoms with Crippen molar-refractivity contribution in [3.05, 3.63) is 0 Å². The fraction of sp³-hybridized carbons (Fsp3) is 1.00. The molecular weight excluding hydrogens is 373 g/mol. The van der Waals surface area contributed by atoms with Crippen molar-refractivity contribution in [2.45, 2.75) is 44.2 Å². The lowest BCUT2D eigenvalue weighted by Crippen LogP contribution is -2.46. The molecule has 0 amide bonds. The maximum absolute atomic E-state index is 10.2. The average molecular weight is 381 g/mol. The lowest BCUT2D eigenvalue weighted by atomic mass is 10.0. The molecule has 2 saturated heterocycles. The van der Waals surface area contributed by atoms with Crippen molar-refractivity contribution >= 4 is 69.6 Å². The Labute approximate surface area is 133 Å². The van der Waals surface area contributed by atoms with Crippen molar-refractivity contribution < 1.29 is 19.7 Å². The second-order valence-corrected chi connectivity index (χ2v) is 9.01. The Hall–Kier alpha value is 1.58. The summed E-state index contributed by atoms with van der Waals surface area (Å²) in [6.45, 7) is 0. The summed E-state index contributed by atoms with van der Waals surface area (Å²) < 4.78 is 6.73. The fourth-order valence-electron chi connectivity index (χ4n) is 2.02. The molecule has 0 aromatic rings. The minimum Gasteiger partial charge on any atom is -0.361 e. The van der Waals surface area contributed by atoms with Crippen LogP contribution in [0.15, 0.2) is 0 Å². The molecule has 2 N–H and O–H groups in total. The van der Waals surface area contributed by atoms with Crippen LogP contribution in [0.2, 0.25) is 0 Å². The molecule has 10 heteroatoms. The lowest BCUT2D eigenvalue weighted by Gasteiger charge is -2.27. The highest BCUT2D eigenvalue weighted by atomic mass is 35.6. The molecule has 2 fully saturated rings. The SMILES string of the molecule is OC12CC(C(Cl)(Cl)Cl)OC1(O)CC(C(Cl)(Cl)Cl)O2. The highest BCUT2D eigenvalue weighted by Gasteiger charge is 2.70. The Morgan fingerprint density at radius 1 is 0.778 bits per heavy atom. The summed E-state index contributed by atoms with van der Waals surface area (Å²) in [6.07, 6.45) is -2.57. The van der Waals surface area contributed by atoms with Gasteiger partial charge < -0.3 is 19.7 Å². The van der Waals surface area contributed by atoms with Gasteiger partial charge in [-0.3, -0.25) is 0 Å². The van der Waals surface area contributed by atoms with E-state index in [2.05, 4.69) is 0 Å². The van der Waals surface area contributed by atoms with Crippen LogP contribution in [0.3, 0.4) is 0 Å². The van der Waals surface area contributed by atoms with Crippen LogP contribution in [0.25, 0.3) is 0 Å². The van der Waals surface area contributed by atoms with E-state index in [-0.39, 0.29) is 12.8 Å². The van der Waals surface area contributed by atoms with Crippen molar-refractivity contribution in [3.63, 3.8) is 0 Å². The standard InChI is InChI=1S/C8H8Cl6O4/c9-7(10,11)3-1-5(15)6(16,17-3)2-4(18-5)8(12,13)14/h3-4,15-16H,1-2H2. The number of hydrogen-bond acceptors (Lipinski definition) is 4. The molecule has 4 unspecified atom stereocenters. The number of alkyl halides is 6.